The van der Waals surface area contributed by atoms with Gasteiger partial charge in [0, 0.05) is 11.6 Å². The molecule has 31 heavy (non-hydrogen) atoms. The van der Waals surface area contributed by atoms with Gasteiger partial charge in [-0.05, 0) is 48.9 Å². The van der Waals surface area contributed by atoms with Crippen LogP contribution in [0.25, 0.3) is 33.4 Å². The zero-order valence-corrected chi connectivity index (χ0v) is 18.1. The molecule has 0 fully saturated rings. The van der Waals surface area contributed by atoms with Crippen molar-refractivity contribution in [1.82, 2.24) is 0 Å². The summed E-state index contributed by atoms with van der Waals surface area (Å²) in [4.78, 5) is 12.2. The number of fused-ring (bicyclic) bond motifs is 2. The molecule has 2 aromatic carbocycles. The van der Waals surface area contributed by atoms with Gasteiger partial charge in [0.25, 0.3) is 0 Å². The van der Waals surface area contributed by atoms with Crippen molar-refractivity contribution in [3.8, 4) is 22.5 Å². The highest BCUT2D eigenvalue weighted by Gasteiger charge is 2.17. The van der Waals surface area contributed by atoms with Crippen LogP contribution in [0.3, 0.4) is 0 Å². The number of benzene rings is 3. The molecule has 1 heterocycles. The quantitative estimate of drug-likeness (QED) is 0.433. The Balaban J connectivity index is 0.000000249. The summed E-state index contributed by atoms with van der Waals surface area (Å²) in [6.07, 6.45) is 0. The van der Waals surface area contributed by atoms with Crippen LogP contribution in [0.1, 0.15) is 12.5 Å². The fourth-order valence-electron chi connectivity index (χ4n) is 2.98. The average molecular weight is 437 g/mol. The third-order valence-electron chi connectivity index (χ3n) is 4.56. The molecule has 2 aliphatic carbocycles. The van der Waals surface area contributed by atoms with Gasteiger partial charge in [-0.3, -0.25) is 4.79 Å². The van der Waals surface area contributed by atoms with E-state index in [-0.39, 0.29) is 21.6 Å². The van der Waals surface area contributed by atoms with Crippen molar-refractivity contribution in [2.24, 2.45) is 10.9 Å². The van der Waals surface area contributed by atoms with E-state index in [0.29, 0.717) is 11.0 Å². The number of sulfonamides is 1. The topological polar surface area (TPSA) is 116 Å². The lowest BCUT2D eigenvalue weighted by molar-refractivity contribution is 0.594. The summed E-state index contributed by atoms with van der Waals surface area (Å²) in [6.45, 7) is 4.53. The number of aryl methyl sites for hydroxylation is 1. The van der Waals surface area contributed by atoms with Crippen molar-refractivity contribution < 1.29 is 12.8 Å². The van der Waals surface area contributed by atoms with E-state index >= 15 is 0 Å². The van der Waals surface area contributed by atoms with Gasteiger partial charge in [0.2, 0.25) is 10.0 Å². The Morgan fingerprint density at radius 3 is 2.00 bits per heavy atom. The van der Waals surface area contributed by atoms with Crippen LogP contribution in [0.15, 0.2) is 86.9 Å². The van der Waals surface area contributed by atoms with E-state index < -0.39 is 10.0 Å². The molecule has 0 saturated carbocycles. The van der Waals surface area contributed by atoms with Crippen LogP contribution in [0.2, 0.25) is 0 Å². The Kier molecular flexibility index (Phi) is 6.70. The summed E-state index contributed by atoms with van der Waals surface area (Å²) < 4.78 is 29.1. The van der Waals surface area contributed by atoms with Gasteiger partial charge in [-0.25, -0.2) is 13.6 Å². The first-order valence-electron chi connectivity index (χ1n) is 9.71. The Bertz CT molecular complexity index is 1350. The van der Waals surface area contributed by atoms with Crippen molar-refractivity contribution in [3.05, 3.63) is 88.6 Å². The zero-order valence-electron chi connectivity index (χ0n) is 17.3. The maximum absolute atomic E-state index is 12.2. The predicted octanol–water partition coefficient (Wildman–Crippen LogP) is 4.05. The van der Waals surface area contributed by atoms with E-state index in [9.17, 15) is 13.2 Å². The molecule has 160 valence electrons. The predicted molar refractivity (Wildman–Crippen MR) is 124 cm³/mol. The number of hydrogen-bond donors (Lipinski definition) is 2. The van der Waals surface area contributed by atoms with Crippen LogP contribution in [0.4, 0.5) is 0 Å². The molecule has 3 aromatic rings. The summed E-state index contributed by atoms with van der Waals surface area (Å²) in [5.74, 6) is 0.172. The number of nitrogens with two attached hydrogens (primary N) is 2. The van der Waals surface area contributed by atoms with E-state index in [1.165, 1.54) is 23.3 Å². The molecule has 0 atom stereocenters. The second-order valence-corrected chi connectivity index (χ2v) is 8.53. The first-order chi connectivity index (χ1) is 14.7. The van der Waals surface area contributed by atoms with Crippen LogP contribution in [0.5, 0.6) is 0 Å². The molecule has 0 saturated heterocycles. The van der Waals surface area contributed by atoms with E-state index in [2.05, 4.69) is 24.3 Å². The molecular formula is C24H24N2O4S. The van der Waals surface area contributed by atoms with Gasteiger partial charge in [-0.2, -0.15) is 0 Å². The van der Waals surface area contributed by atoms with Gasteiger partial charge in [-0.1, -0.05) is 55.0 Å². The van der Waals surface area contributed by atoms with Crippen molar-refractivity contribution in [1.29, 1.82) is 0 Å². The fourth-order valence-corrected chi connectivity index (χ4v) is 3.73. The minimum atomic E-state index is -3.92. The number of hydrogen-bond acceptors (Lipinski definition) is 5. The monoisotopic (exact) mass is 436 g/mol. The largest absolute Gasteiger partial charge is 0.456 e. The van der Waals surface area contributed by atoms with E-state index in [0.717, 1.165) is 12.1 Å². The molecule has 1 aromatic heterocycles. The smallest absolute Gasteiger partial charge is 0.238 e. The minimum Gasteiger partial charge on any atom is -0.456 e. The van der Waals surface area contributed by atoms with Crippen LogP contribution >= 0.6 is 0 Å². The maximum atomic E-state index is 12.2. The molecule has 4 N–H and O–H groups in total. The number of rotatable bonds is 2. The Hall–Kier alpha value is -3.26. The second-order valence-electron chi connectivity index (χ2n) is 7.00. The molecule has 5 rings (SSSR count). The van der Waals surface area contributed by atoms with Gasteiger partial charge in [0.1, 0.15) is 11.3 Å². The molecule has 0 amide bonds. The fraction of sp³-hybridized carbons (Fsp3) is 0.125. The van der Waals surface area contributed by atoms with Gasteiger partial charge >= 0.3 is 0 Å². The second kappa shape index (κ2) is 9.26. The summed E-state index contributed by atoms with van der Waals surface area (Å²) in [5.41, 5.74) is 9.08. The van der Waals surface area contributed by atoms with Crippen LogP contribution in [-0.2, 0) is 10.0 Å². The Morgan fingerprint density at radius 1 is 0.903 bits per heavy atom. The summed E-state index contributed by atoms with van der Waals surface area (Å²) in [5, 5.41) is 5.67. The molecule has 0 spiro atoms. The summed E-state index contributed by atoms with van der Waals surface area (Å²) in [7, 11) is -3.92. The molecule has 0 radical (unpaired) electrons. The summed E-state index contributed by atoms with van der Waals surface area (Å²) in [6, 6.07) is 21.2. The van der Waals surface area contributed by atoms with Crippen LogP contribution in [0, 0.1) is 6.92 Å². The standard InChI is InChI=1S/C16H13NO4S.C6H4.C2H7N/c1-10-6-7-14-12(8-10)13(18)9-15(21-14)11-4-2-3-5-16(11)22(17,19)20;1-2-6-4-3-5(1)6;1-2-3/h2-9H,1H3,(H2,17,19,20);1-4H;2-3H2,1H3. The lowest BCUT2D eigenvalue weighted by atomic mass is 9.95. The van der Waals surface area contributed by atoms with Gasteiger partial charge < -0.3 is 10.2 Å². The molecule has 6 nitrogen and oxygen atoms in total. The molecule has 2 aliphatic rings. The van der Waals surface area contributed by atoms with Gasteiger partial charge in [0.05, 0.1) is 10.3 Å². The van der Waals surface area contributed by atoms with Crippen molar-refractivity contribution in [3.63, 3.8) is 0 Å². The Morgan fingerprint density at radius 2 is 1.48 bits per heavy atom. The number of primary sulfonamides is 1. The van der Waals surface area contributed by atoms with E-state index in [1.807, 2.05) is 19.9 Å². The maximum Gasteiger partial charge on any atom is 0.238 e. The normalized spacial score (nSPS) is 11.1. The van der Waals surface area contributed by atoms with Crippen molar-refractivity contribution >= 4 is 21.0 Å². The third kappa shape index (κ3) is 5.08. The average Bonchev–Trinajstić information content (AvgIpc) is 2.71. The highest BCUT2D eigenvalue weighted by atomic mass is 32.2. The van der Waals surface area contributed by atoms with Crippen LogP contribution < -0.4 is 16.3 Å². The Labute approximate surface area is 181 Å². The van der Waals surface area contributed by atoms with Gasteiger partial charge in [-0.15, -0.1) is 0 Å². The summed E-state index contributed by atoms with van der Waals surface area (Å²) >= 11 is 0. The minimum absolute atomic E-state index is 0.0791. The van der Waals surface area contributed by atoms with Crippen molar-refractivity contribution in [2.75, 3.05) is 6.54 Å². The molecule has 0 bridgehead atoms. The molecule has 7 heteroatoms. The van der Waals surface area contributed by atoms with Crippen molar-refractivity contribution in [2.45, 2.75) is 18.7 Å². The lowest BCUT2D eigenvalue weighted by Gasteiger charge is -2.10. The van der Waals surface area contributed by atoms with E-state index in [4.69, 9.17) is 15.3 Å². The van der Waals surface area contributed by atoms with Gasteiger partial charge in [0.15, 0.2) is 5.43 Å². The highest BCUT2D eigenvalue weighted by Crippen LogP contribution is 2.29. The first-order valence-corrected chi connectivity index (χ1v) is 11.3. The molecule has 0 unspecified atom stereocenters. The molecule has 0 aliphatic heterocycles. The third-order valence-corrected chi connectivity index (χ3v) is 5.53. The zero-order chi connectivity index (χ0) is 22.6. The van der Waals surface area contributed by atoms with E-state index in [1.54, 1.807) is 30.3 Å². The van der Waals surface area contributed by atoms with Crippen LogP contribution in [-0.4, -0.2) is 15.0 Å². The SMILES string of the molecule is CCN.Cc1ccc2oc(-c3ccccc3S(N)(=O)=O)cc(=O)c2c1.c1cc2ccc1-2. The first kappa shape index (κ1) is 22.4. The molecular weight excluding hydrogens is 412 g/mol. The lowest BCUT2D eigenvalue weighted by Crippen LogP contribution is -2.13. The highest BCUT2D eigenvalue weighted by molar-refractivity contribution is 7.89.